The minimum atomic E-state index is -0.0374. The molecule has 0 fully saturated rings. The summed E-state index contributed by atoms with van der Waals surface area (Å²) in [6.45, 7) is 4.70. The highest BCUT2D eigenvalue weighted by Gasteiger charge is 2.36. The van der Waals surface area contributed by atoms with Crippen molar-refractivity contribution in [3.05, 3.63) is 179 Å². The summed E-state index contributed by atoms with van der Waals surface area (Å²) in [5.41, 5.74) is 13.4. The first-order valence-electron chi connectivity index (χ1n) is 16.0. The third kappa shape index (κ3) is 4.09. The van der Waals surface area contributed by atoms with Crippen LogP contribution in [0.1, 0.15) is 47.7 Å². The molecule has 7 aromatic rings. The van der Waals surface area contributed by atoms with E-state index in [9.17, 15) is 0 Å². The Morgan fingerprint density at radius 1 is 0.587 bits per heavy atom. The van der Waals surface area contributed by atoms with E-state index >= 15 is 0 Å². The van der Waals surface area contributed by atoms with Gasteiger partial charge in [-0.05, 0) is 64.2 Å². The van der Waals surface area contributed by atoms with Crippen molar-refractivity contribution in [3.63, 3.8) is 0 Å². The van der Waals surface area contributed by atoms with E-state index in [-0.39, 0.29) is 11.5 Å². The lowest BCUT2D eigenvalue weighted by molar-refractivity contribution is 0.661. The molecule has 0 bridgehead atoms. The van der Waals surface area contributed by atoms with E-state index in [2.05, 4.69) is 169 Å². The van der Waals surface area contributed by atoms with Crippen molar-refractivity contribution in [1.82, 2.24) is 9.88 Å². The Morgan fingerprint density at radius 2 is 1.28 bits per heavy atom. The summed E-state index contributed by atoms with van der Waals surface area (Å²) < 4.78 is 2.42. The zero-order chi connectivity index (χ0) is 30.8. The van der Waals surface area contributed by atoms with E-state index in [4.69, 9.17) is 4.99 Å². The Bertz CT molecular complexity index is 2340. The number of hydrogen-bond donors (Lipinski definition) is 1. The van der Waals surface area contributed by atoms with Crippen LogP contribution >= 0.6 is 0 Å². The topological polar surface area (TPSA) is 29.3 Å². The van der Waals surface area contributed by atoms with E-state index in [1.54, 1.807) is 0 Å². The number of benzene rings is 6. The van der Waals surface area contributed by atoms with Crippen LogP contribution in [0.5, 0.6) is 0 Å². The monoisotopic (exact) mass is 591 g/mol. The molecule has 1 N–H and O–H groups in total. The minimum absolute atomic E-state index is 0.0233. The molecule has 3 heteroatoms. The highest BCUT2D eigenvalue weighted by atomic mass is 15.0. The van der Waals surface area contributed by atoms with Gasteiger partial charge in [0.2, 0.25) is 0 Å². The fourth-order valence-electron chi connectivity index (χ4n) is 7.50. The molecule has 0 spiro atoms. The van der Waals surface area contributed by atoms with Crippen molar-refractivity contribution in [2.75, 3.05) is 0 Å². The van der Waals surface area contributed by atoms with Crippen molar-refractivity contribution in [3.8, 4) is 16.8 Å². The molecule has 0 radical (unpaired) electrons. The SMILES string of the molecule is CC1(C)c2ccccc2-c2cc3c(cc21)c1ccccc1n3-c1ccc(C2=CC(c3ccccc3)NC(c3ccccc3)=N2)cc1. The number of nitrogens with one attached hydrogen (secondary N) is 1. The molecule has 0 saturated heterocycles. The van der Waals surface area contributed by atoms with Gasteiger partial charge in [-0.25, -0.2) is 4.99 Å². The third-order valence-corrected chi connectivity index (χ3v) is 9.85. The lowest BCUT2D eigenvalue weighted by Gasteiger charge is -2.24. The van der Waals surface area contributed by atoms with Crippen molar-refractivity contribution in [1.29, 1.82) is 0 Å². The largest absolute Gasteiger partial charge is 0.359 e. The molecular formula is C43H33N3. The van der Waals surface area contributed by atoms with E-state index in [1.165, 1.54) is 49.6 Å². The summed E-state index contributed by atoms with van der Waals surface area (Å²) in [6, 6.07) is 52.4. The van der Waals surface area contributed by atoms with Crippen LogP contribution in [0.2, 0.25) is 0 Å². The number of aliphatic imine (C=N–C) groups is 1. The first-order valence-corrected chi connectivity index (χ1v) is 16.0. The molecule has 9 rings (SSSR count). The summed E-state index contributed by atoms with van der Waals surface area (Å²) in [5, 5.41) is 6.23. The molecule has 2 aliphatic rings. The Morgan fingerprint density at radius 3 is 2.09 bits per heavy atom. The van der Waals surface area contributed by atoms with Crippen LogP contribution in [0.15, 0.2) is 157 Å². The zero-order valence-corrected chi connectivity index (χ0v) is 25.9. The van der Waals surface area contributed by atoms with Gasteiger partial charge in [0.25, 0.3) is 0 Å². The molecule has 46 heavy (non-hydrogen) atoms. The van der Waals surface area contributed by atoms with Gasteiger partial charge in [-0.2, -0.15) is 0 Å². The maximum atomic E-state index is 5.12. The second kappa shape index (κ2) is 10.2. The molecular weight excluding hydrogens is 558 g/mol. The van der Waals surface area contributed by atoms with Gasteiger partial charge in [-0.1, -0.05) is 129 Å². The molecule has 0 amide bonds. The van der Waals surface area contributed by atoms with Gasteiger partial charge < -0.3 is 9.88 Å². The lowest BCUT2D eigenvalue weighted by Crippen LogP contribution is -2.31. The van der Waals surface area contributed by atoms with E-state index < -0.39 is 0 Å². The second-order valence-electron chi connectivity index (χ2n) is 12.9. The summed E-state index contributed by atoms with van der Waals surface area (Å²) >= 11 is 0. The molecule has 3 nitrogen and oxygen atoms in total. The number of hydrogen-bond acceptors (Lipinski definition) is 2. The first kappa shape index (κ1) is 26.7. The second-order valence-corrected chi connectivity index (χ2v) is 12.9. The average molecular weight is 592 g/mol. The van der Waals surface area contributed by atoms with Gasteiger partial charge in [0, 0.05) is 33.0 Å². The van der Waals surface area contributed by atoms with Gasteiger partial charge in [-0.3, -0.25) is 0 Å². The fraction of sp³-hybridized carbons (Fsp3) is 0.0930. The molecule has 220 valence electrons. The van der Waals surface area contributed by atoms with Crippen molar-refractivity contribution < 1.29 is 0 Å². The summed E-state index contributed by atoms with van der Waals surface area (Å²) in [4.78, 5) is 5.12. The summed E-state index contributed by atoms with van der Waals surface area (Å²) in [7, 11) is 0. The highest BCUT2D eigenvalue weighted by Crippen LogP contribution is 2.51. The minimum Gasteiger partial charge on any atom is -0.359 e. The fourth-order valence-corrected chi connectivity index (χ4v) is 7.50. The number of nitrogens with zero attached hydrogens (tertiary/aromatic N) is 2. The van der Waals surface area contributed by atoms with Crippen LogP contribution in [-0.4, -0.2) is 10.4 Å². The van der Waals surface area contributed by atoms with E-state index in [1.807, 2.05) is 6.07 Å². The van der Waals surface area contributed by atoms with Crippen LogP contribution < -0.4 is 5.32 Å². The Balaban J connectivity index is 1.18. The standard InChI is InChI=1S/C43H33N3/c1-43(2)36-19-11-9-17-32(36)34-26-41-35(25-37(34)43)33-18-10-12-20-40(33)46(41)31-23-21-29(22-24-31)39-27-38(28-13-5-3-6-14-28)44-42(45-39)30-15-7-4-8-16-30/h3-27,38H,1-2H3,(H,44,45). The van der Waals surface area contributed by atoms with Crippen LogP contribution in [0, 0.1) is 0 Å². The molecule has 1 aliphatic carbocycles. The summed E-state index contributed by atoms with van der Waals surface area (Å²) in [5.74, 6) is 0.885. The molecule has 0 saturated carbocycles. The Kier molecular flexibility index (Phi) is 5.91. The lowest BCUT2D eigenvalue weighted by atomic mass is 9.82. The van der Waals surface area contributed by atoms with Crippen molar-refractivity contribution >= 4 is 33.3 Å². The zero-order valence-electron chi connectivity index (χ0n) is 25.9. The normalized spacial score (nSPS) is 16.4. The molecule has 2 heterocycles. The Hall–Kier alpha value is -5.67. The van der Waals surface area contributed by atoms with E-state index in [0.29, 0.717) is 0 Å². The van der Waals surface area contributed by atoms with E-state index in [0.717, 1.165) is 28.3 Å². The molecule has 1 aliphatic heterocycles. The number of rotatable bonds is 4. The first-order chi connectivity index (χ1) is 22.6. The summed E-state index contributed by atoms with van der Waals surface area (Å²) in [6.07, 6.45) is 2.24. The van der Waals surface area contributed by atoms with Gasteiger partial charge >= 0.3 is 0 Å². The van der Waals surface area contributed by atoms with Crippen LogP contribution in [0.3, 0.4) is 0 Å². The maximum absolute atomic E-state index is 5.12. The average Bonchev–Trinajstić information content (AvgIpc) is 3.56. The number of aromatic nitrogens is 1. The van der Waals surface area contributed by atoms with Crippen molar-refractivity contribution in [2.24, 2.45) is 4.99 Å². The number of amidine groups is 1. The maximum Gasteiger partial charge on any atom is 0.134 e. The quantitative estimate of drug-likeness (QED) is 0.217. The highest BCUT2D eigenvalue weighted by molar-refractivity contribution is 6.11. The van der Waals surface area contributed by atoms with Gasteiger partial charge in [-0.15, -0.1) is 0 Å². The van der Waals surface area contributed by atoms with Gasteiger partial charge in [0.15, 0.2) is 0 Å². The Labute approximate surface area is 269 Å². The number of fused-ring (bicyclic) bond motifs is 6. The van der Waals surface area contributed by atoms with Gasteiger partial charge in [0.05, 0.1) is 22.8 Å². The molecule has 6 aromatic carbocycles. The molecule has 1 atom stereocenters. The van der Waals surface area contributed by atoms with Crippen LogP contribution in [0.4, 0.5) is 0 Å². The van der Waals surface area contributed by atoms with Gasteiger partial charge in [0.1, 0.15) is 5.84 Å². The molecule has 1 aromatic heterocycles. The smallest absolute Gasteiger partial charge is 0.134 e. The van der Waals surface area contributed by atoms with Crippen LogP contribution in [-0.2, 0) is 5.41 Å². The van der Waals surface area contributed by atoms with Crippen molar-refractivity contribution in [2.45, 2.75) is 25.3 Å². The predicted octanol–water partition coefficient (Wildman–Crippen LogP) is 10.2. The number of para-hydroxylation sites is 1. The predicted molar refractivity (Wildman–Crippen MR) is 192 cm³/mol. The molecule has 1 unspecified atom stereocenters. The third-order valence-electron chi connectivity index (χ3n) is 9.85. The van der Waals surface area contributed by atoms with Crippen LogP contribution in [0.25, 0.3) is 44.3 Å².